The van der Waals surface area contributed by atoms with Crippen LogP contribution in [0.3, 0.4) is 0 Å². The van der Waals surface area contributed by atoms with Gasteiger partial charge in [-0.05, 0) is 37.5 Å². The van der Waals surface area contributed by atoms with Gasteiger partial charge in [-0.15, -0.1) is 11.8 Å². The van der Waals surface area contributed by atoms with Gasteiger partial charge in [0, 0.05) is 17.9 Å². The van der Waals surface area contributed by atoms with Crippen molar-refractivity contribution in [3.05, 3.63) is 23.3 Å². The van der Waals surface area contributed by atoms with Crippen molar-refractivity contribution in [2.45, 2.75) is 44.5 Å². The molecule has 0 saturated heterocycles. The van der Waals surface area contributed by atoms with Gasteiger partial charge in [0.2, 0.25) is 0 Å². The van der Waals surface area contributed by atoms with Crippen LogP contribution in [0.5, 0.6) is 11.5 Å². The van der Waals surface area contributed by atoms with E-state index in [0.29, 0.717) is 23.8 Å². The largest absolute Gasteiger partial charge is 0.493 e. The summed E-state index contributed by atoms with van der Waals surface area (Å²) < 4.78 is 16.0. The second-order valence-corrected chi connectivity index (χ2v) is 7.43. The number of nitrogens with zero attached hydrogens (tertiary/aromatic N) is 2. The topological polar surface area (TPSA) is 80.9 Å². The van der Waals surface area contributed by atoms with Gasteiger partial charge in [0.05, 0.1) is 38.5 Å². The summed E-state index contributed by atoms with van der Waals surface area (Å²) in [4.78, 5) is 16.4. The van der Waals surface area contributed by atoms with Gasteiger partial charge in [0.15, 0.2) is 11.5 Å². The van der Waals surface area contributed by atoms with E-state index in [1.807, 2.05) is 26.0 Å². The van der Waals surface area contributed by atoms with Gasteiger partial charge in [0.25, 0.3) is 0 Å². The number of hydrogen-bond donors (Lipinski definition) is 0. The zero-order valence-electron chi connectivity index (χ0n) is 16.3. The summed E-state index contributed by atoms with van der Waals surface area (Å²) in [7, 11) is 3.19. The monoisotopic (exact) mass is 390 g/mol. The van der Waals surface area contributed by atoms with Crippen molar-refractivity contribution in [2.75, 3.05) is 26.5 Å². The third-order valence-corrected chi connectivity index (χ3v) is 5.51. The third-order valence-electron chi connectivity index (χ3n) is 4.41. The molecule has 1 aromatic rings. The van der Waals surface area contributed by atoms with Gasteiger partial charge >= 0.3 is 5.97 Å². The van der Waals surface area contributed by atoms with E-state index in [-0.39, 0.29) is 18.5 Å². The number of carbonyl (C=O) groups excluding carboxylic acids is 1. The number of thioether (sulfide) groups is 1. The van der Waals surface area contributed by atoms with Crippen molar-refractivity contribution in [1.82, 2.24) is 0 Å². The summed E-state index contributed by atoms with van der Waals surface area (Å²) in [5, 5.41) is 9.21. The molecule has 1 heterocycles. The molecule has 27 heavy (non-hydrogen) atoms. The number of hydrogen-bond acceptors (Lipinski definition) is 7. The number of aliphatic imine (C=N–C) groups is 1. The number of methoxy groups -OCH3 is 2. The van der Waals surface area contributed by atoms with Crippen molar-refractivity contribution in [3.8, 4) is 17.6 Å². The molecule has 0 aliphatic carbocycles. The Hall–Kier alpha value is -2.20. The van der Waals surface area contributed by atoms with Crippen molar-refractivity contribution < 1.29 is 19.0 Å². The summed E-state index contributed by atoms with van der Waals surface area (Å²) in [6.07, 6.45) is 1.78. The molecule has 1 aliphatic rings. The summed E-state index contributed by atoms with van der Waals surface area (Å²) >= 11 is 1.41. The summed E-state index contributed by atoms with van der Waals surface area (Å²) in [5.74, 6) is 1.57. The van der Waals surface area contributed by atoms with Gasteiger partial charge in [-0.3, -0.25) is 9.79 Å². The molecule has 0 amide bonds. The first-order valence-electron chi connectivity index (χ1n) is 9.04. The molecule has 0 aromatic heterocycles. The van der Waals surface area contributed by atoms with Crippen LogP contribution in [0.1, 0.15) is 37.8 Å². The Kier molecular flexibility index (Phi) is 7.99. The fraction of sp³-hybridized carbons (Fsp3) is 0.550. The predicted octanol–water partition coefficient (Wildman–Crippen LogP) is 3.41. The molecule has 0 saturated carbocycles. The van der Waals surface area contributed by atoms with Crippen LogP contribution in [0.4, 0.5) is 0 Å². The number of rotatable bonds is 9. The zero-order chi connectivity index (χ0) is 19.8. The molecule has 6 nitrogen and oxygen atoms in total. The Balaban J connectivity index is 2.09. The van der Waals surface area contributed by atoms with Crippen molar-refractivity contribution >= 4 is 23.4 Å². The first-order chi connectivity index (χ1) is 13.0. The number of carbonyl (C=O) groups is 1. The molecular weight excluding hydrogens is 364 g/mol. The van der Waals surface area contributed by atoms with E-state index in [0.717, 1.165) is 29.7 Å². The second-order valence-electron chi connectivity index (χ2n) is 6.22. The molecular formula is C20H26N2O4S. The maximum Gasteiger partial charge on any atom is 0.306 e. The van der Waals surface area contributed by atoms with E-state index in [2.05, 4.69) is 11.1 Å². The minimum Gasteiger partial charge on any atom is -0.493 e. The van der Waals surface area contributed by atoms with Crippen molar-refractivity contribution in [1.29, 1.82) is 5.26 Å². The minimum atomic E-state index is -0.446. The smallest absolute Gasteiger partial charge is 0.306 e. The zero-order valence-corrected chi connectivity index (χ0v) is 17.1. The van der Waals surface area contributed by atoms with Crippen LogP contribution >= 0.6 is 11.8 Å². The van der Waals surface area contributed by atoms with Gasteiger partial charge in [-0.25, -0.2) is 0 Å². The predicted molar refractivity (Wildman–Crippen MR) is 107 cm³/mol. The Morgan fingerprint density at radius 2 is 2.04 bits per heavy atom. The molecule has 0 fully saturated rings. The van der Waals surface area contributed by atoms with Gasteiger partial charge in [0.1, 0.15) is 5.25 Å². The third kappa shape index (κ3) is 5.39. The molecule has 2 unspecified atom stereocenters. The lowest BCUT2D eigenvalue weighted by atomic mass is 9.95. The number of ether oxygens (including phenoxy) is 3. The average Bonchev–Trinajstić information content (AvgIpc) is 2.69. The van der Waals surface area contributed by atoms with Crippen LogP contribution < -0.4 is 9.47 Å². The quantitative estimate of drug-likeness (QED) is 0.601. The number of benzene rings is 1. The molecule has 0 bridgehead atoms. The van der Waals surface area contributed by atoms with Crippen molar-refractivity contribution in [3.63, 3.8) is 0 Å². The highest BCUT2D eigenvalue weighted by Gasteiger charge is 2.25. The molecule has 0 N–H and O–H groups in total. The van der Waals surface area contributed by atoms with E-state index in [4.69, 9.17) is 14.2 Å². The summed E-state index contributed by atoms with van der Waals surface area (Å²) in [5.41, 5.74) is 2.75. The Labute approximate surface area is 164 Å². The normalized spacial score (nSPS) is 15.0. The SMILES string of the molecule is CCC(C)OC(=O)CCSC(C#N)C1=NCCc2cc(OC)c(OC)cc21. The molecule has 0 spiro atoms. The van der Waals surface area contributed by atoms with E-state index >= 15 is 0 Å². The van der Waals surface area contributed by atoms with E-state index in [1.165, 1.54) is 11.8 Å². The lowest BCUT2D eigenvalue weighted by Gasteiger charge is -2.22. The van der Waals surface area contributed by atoms with Crippen LogP contribution in [-0.4, -0.2) is 49.6 Å². The molecule has 1 aliphatic heterocycles. The summed E-state index contributed by atoms with van der Waals surface area (Å²) in [6, 6.07) is 6.15. The maximum atomic E-state index is 11.8. The fourth-order valence-corrected chi connectivity index (χ4v) is 3.73. The van der Waals surface area contributed by atoms with E-state index < -0.39 is 5.25 Å². The molecule has 2 rings (SSSR count). The van der Waals surface area contributed by atoms with Crippen molar-refractivity contribution in [2.24, 2.45) is 4.99 Å². The Morgan fingerprint density at radius 1 is 1.33 bits per heavy atom. The van der Waals surface area contributed by atoms with E-state index in [1.54, 1.807) is 14.2 Å². The Morgan fingerprint density at radius 3 is 2.67 bits per heavy atom. The van der Waals surface area contributed by atoms with Crippen LogP contribution in [0, 0.1) is 11.3 Å². The maximum absolute atomic E-state index is 11.8. The Bertz CT molecular complexity index is 742. The van der Waals surface area contributed by atoms with Gasteiger partial charge < -0.3 is 14.2 Å². The van der Waals surface area contributed by atoms with Crippen LogP contribution in [0.25, 0.3) is 0 Å². The molecule has 0 radical (unpaired) electrons. The highest BCUT2D eigenvalue weighted by Crippen LogP contribution is 2.34. The lowest BCUT2D eigenvalue weighted by molar-refractivity contribution is -0.147. The number of nitriles is 1. The van der Waals surface area contributed by atoms with Crippen LogP contribution in [0.2, 0.25) is 0 Å². The van der Waals surface area contributed by atoms with Gasteiger partial charge in [-0.2, -0.15) is 5.26 Å². The van der Waals surface area contributed by atoms with Crippen LogP contribution in [-0.2, 0) is 16.0 Å². The number of esters is 1. The van der Waals surface area contributed by atoms with Gasteiger partial charge in [-0.1, -0.05) is 6.92 Å². The van der Waals surface area contributed by atoms with Crippen LogP contribution in [0.15, 0.2) is 17.1 Å². The highest BCUT2D eigenvalue weighted by atomic mass is 32.2. The lowest BCUT2D eigenvalue weighted by Crippen LogP contribution is -2.24. The minimum absolute atomic E-state index is 0.0775. The summed E-state index contributed by atoms with van der Waals surface area (Å²) in [6.45, 7) is 4.48. The average molecular weight is 391 g/mol. The highest BCUT2D eigenvalue weighted by molar-refractivity contribution is 8.00. The molecule has 1 aromatic carbocycles. The molecule has 146 valence electrons. The number of fused-ring (bicyclic) bond motifs is 1. The first-order valence-corrected chi connectivity index (χ1v) is 10.1. The van der Waals surface area contributed by atoms with E-state index in [9.17, 15) is 10.1 Å². The second kappa shape index (κ2) is 10.2. The molecule has 7 heteroatoms. The molecule has 2 atom stereocenters. The fourth-order valence-electron chi connectivity index (χ4n) is 2.78. The standard InChI is InChI=1S/C20H26N2O4S/c1-5-13(2)26-19(23)7-9-27-18(12-21)20-15-11-17(25-4)16(24-3)10-14(15)6-8-22-20/h10-11,13,18H,5-9H2,1-4H3. The first kappa shape index (κ1) is 21.1.